The first-order valence-corrected chi connectivity index (χ1v) is 7.75. The van der Waals surface area contributed by atoms with Crippen molar-refractivity contribution >= 4 is 0 Å². The van der Waals surface area contributed by atoms with Crippen LogP contribution in [0.1, 0.15) is 37.3 Å². The van der Waals surface area contributed by atoms with Crippen molar-refractivity contribution in [2.24, 2.45) is 5.73 Å². The highest BCUT2D eigenvalue weighted by atomic mass is 16.5. The zero-order valence-corrected chi connectivity index (χ0v) is 12.8. The lowest BCUT2D eigenvalue weighted by molar-refractivity contribution is 0.303. The molecule has 2 heteroatoms. The van der Waals surface area contributed by atoms with Crippen molar-refractivity contribution in [2.45, 2.75) is 38.6 Å². The van der Waals surface area contributed by atoms with Crippen LogP contribution in [-0.4, -0.2) is 12.6 Å². The van der Waals surface area contributed by atoms with Crippen LogP contribution in [0.2, 0.25) is 0 Å². The molecule has 0 radical (unpaired) electrons. The Morgan fingerprint density at radius 3 is 2.24 bits per heavy atom. The van der Waals surface area contributed by atoms with Crippen molar-refractivity contribution in [3.63, 3.8) is 0 Å². The van der Waals surface area contributed by atoms with Gasteiger partial charge in [-0.1, -0.05) is 42.5 Å². The van der Waals surface area contributed by atoms with Crippen molar-refractivity contribution in [1.82, 2.24) is 0 Å². The molecule has 2 N–H and O–H groups in total. The summed E-state index contributed by atoms with van der Waals surface area (Å²) in [4.78, 5) is 0. The van der Waals surface area contributed by atoms with Gasteiger partial charge in [0.25, 0.3) is 0 Å². The lowest BCUT2D eigenvalue weighted by Crippen LogP contribution is -2.14. The van der Waals surface area contributed by atoms with Gasteiger partial charge >= 0.3 is 0 Å². The van der Waals surface area contributed by atoms with E-state index in [9.17, 15) is 0 Å². The molecule has 0 heterocycles. The molecule has 0 aliphatic carbocycles. The molecule has 2 rings (SSSR count). The van der Waals surface area contributed by atoms with Gasteiger partial charge in [-0.25, -0.2) is 0 Å². The number of nitrogens with two attached hydrogens (primary N) is 1. The number of rotatable bonds is 8. The molecule has 0 aromatic heterocycles. The Labute approximate surface area is 127 Å². The van der Waals surface area contributed by atoms with E-state index in [1.807, 2.05) is 13.0 Å². The second-order valence-corrected chi connectivity index (χ2v) is 5.63. The molecule has 1 unspecified atom stereocenters. The maximum absolute atomic E-state index is 5.75. The van der Waals surface area contributed by atoms with Crippen LogP contribution in [0.25, 0.3) is 0 Å². The second-order valence-electron chi connectivity index (χ2n) is 5.63. The van der Waals surface area contributed by atoms with Gasteiger partial charge in [-0.15, -0.1) is 0 Å². The van der Waals surface area contributed by atoms with Gasteiger partial charge in [-0.05, 0) is 55.9 Å². The van der Waals surface area contributed by atoms with E-state index in [1.54, 1.807) is 0 Å². The Hall–Kier alpha value is -1.80. The monoisotopic (exact) mass is 283 g/mol. The van der Waals surface area contributed by atoms with Crippen LogP contribution in [0.3, 0.4) is 0 Å². The molecule has 112 valence electrons. The summed E-state index contributed by atoms with van der Waals surface area (Å²) in [5.41, 5.74) is 8.37. The van der Waals surface area contributed by atoms with E-state index in [1.165, 1.54) is 11.1 Å². The zero-order chi connectivity index (χ0) is 14.9. The number of unbranched alkanes of at least 4 members (excludes halogenated alkanes) is 1. The molecule has 2 nitrogen and oxygen atoms in total. The van der Waals surface area contributed by atoms with E-state index < -0.39 is 0 Å². The van der Waals surface area contributed by atoms with E-state index in [-0.39, 0.29) is 0 Å². The van der Waals surface area contributed by atoms with Crippen LogP contribution in [0.15, 0.2) is 54.6 Å². The molecule has 0 fully saturated rings. The normalized spacial score (nSPS) is 12.1. The summed E-state index contributed by atoms with van der Waals surface area (Å²) in [6.07, 6.45) is 4.23. The zero-order valence-electron chi connectivity index (χ0n) is 12.8. The van der Waals surface area contributed by atoms with Crippen LogP contribution in [0.4, 0.5) is 0 Å². The fourth-order valence-corrected chi connectivity index (χ4v) is 2.29. The number of hydrogen-bond donors (Lipinski definition) is 1. The smallest absolute Gasteiger partial charge is 0.119 e. The Morgan fingerprint density at radius 2 is 1.57 bits per heavy atom. The Balaban J connectivity index is 1.74. The minimum atomic E-state index is 0.294. The fourth-order valence-electron chi connectivity index (χ4n) is 2.29. The van der Waals surface area contributed by atoms with Gasteiger partial charge in [0.2, 0.25) is 0 Å². The highest BCUT2D eigenvalue weighted by Crippen LogP contribution is 2.15. The summed E-state index contributed by atoms with van der Waals surface area (Å²) in [7, 11) is 0. The van der Waals surface area contributed by atoms with E-state index in [0.29, 0.717) is 6.04 Å². The lowest BCUT2D eigenvalue weighted by Gasteiger charge is -2.08. The molecule has 0 aliphatic heterocycles. The molecule has 0 spiro atoms. The van der Waals surface area contributed by atoms with Crippen LogP contribution in [-0.2, 0) is 6.42 Å². The minimum Gasteiger partial charge on any atom is -0.494 e. The average Bonchev–Trinajstić information content (AvgIpc) is 2.49. The summed E-state index contributed by atoms with van der Waals surface area (Å²) in [5, 5.41) is 0. The number of hydrogen-bond acceptors (Lipinski definition) is 2. The molecule has 0 amide bonds. The molecule has 2 aromatic rings. The molecule has 2 aromatic carbocycles. The molecular weight excluding hydrogens is 258 g/mol. The molecular formula is C19H25NO. The SMILES string of the molecule is CC(N)CCCCOc1ccc(Cc2ccccc2)cc1. The first-order valence-electron chi connectivity index (χ1n) is 7.75. The van der Waals surface area contributed by atoms with Crippen molar-refractivity contribution in [3.8, 4) is 5.75 Å². The van der Waals surface area contributed by atoms with Gasteiger partial charge in [0, 0.05) is 6.04 Å². The van der Waals surface area contributed by atoms with Crippen molar-refractivity contribution in [2.75, 3.05) is 6.61 Å². The van der Waals surface area contributed by atoms with Gasteiger partial charge in [0.1, 0.15) is 5.75 Å². The Morgan fingerprint density at radius 1 is 0.905 bits per heavy atom. The molecule has 0 saturated heterocycles. The van der Waals surface area contributed by atoms with Gasteiger partial charge in [-0.3, -0.25) is 0 Å². The van der Waals surface area contributed by atoms with Crippen LogP contribution in [0.5, 0.6) is 5.75 Å². The quantitative estimate of drug-likeness (QED) is 0.738. The van der Waals surface area contributed by atoms with Crippen LogP contribution in [0, 0.1) is 0 Å². The summed E-state index contributed by atoms with van der Waals surface area (Å²) in [6, 6.07) is 19.2. The first kappa shape index (κ1) is 15.6. The van der Waals surface area contributed by atoms with Crippen molar-refractivity contribution < 1.29 is 4.74 Å². The summed E-state index contributed by atoms with van der Waals surface area (Å²) in [5.74, 6) is 0.951. The highest BCUT2D eigenvalue weighted by Gasteiger charge is 1.99. The fraction of sp³-hybridized carbons (Fsp3) is 0.368. The average molecular weight is 283 g/mol. The molecule has 1 atom stereocenters. The second kappa shape index (κ2) is 8.48. The molecule has 0 aliphatic rings. The van der Waals surface area contributed by atoms with E-state index in [0.717, 1.165) is 38.0 Å². The third-order valence-corrected chi connectivity index (χ3v) is 3.50. The summed E-state index contributed by atoms with van der Waals surface area (Å²) in [6.45, 7) is 2.82. The van der Waals surface area contributed by atoms with E-state index >= 15 is 0 Å². The largest absolute Gasteiger partial charge is 0.494 e. The standard InChI is InChI=1S/C19H25NO/c1-16(20)7-5-6-14-21-19-12-10-18(11-13-19)15-17-8-3-2-4-9-17/h2-4,8-13,16H,5-7,14-15,20H2,1H3. The minimum absolute atomic E-state index is 0.294. The van der Waals surface area contributed by atoms with Crippen molar-refractivity contribution in [3.05, 3.63) is 65.7 Å². The summed E-state index contributed by atoms with van der Waals surface area (Å²) < 4.78 is 5.75. The number of ether oxygens (including phenoxy) is 1. The van der Waals surface area contributed by atoms with Gasteiger partial charge in [0.05, 0.1) is 6.61 Å². The first-order chi connectivity index (χ1) is 10.2. The van der Waals surface area contributed by atoms with E-state index in [4.69, 9.17) is 10.5 Å². The lowest BCUT2D eigenvalue weighted by atomic mass is 10.1. The topological polar surface area (TPSA) is 35.2 Å². The van der Waals surface area contributed by atoms with Crippen LogP contribution < -0.4 is 10.5 Å². The Bertz CT molecular complexity index is 505. The molecule has 0 saturated carbocycles. The van der Waals surface area contributed by atoms with Gasteiger partial charge in [-0.2, -0.15) is 0 Å². The third kappa shape index (κ3) is 6.01. The summed E-state index contributed by atoms with van der Waals surface area (Å²) >= 11 is 0. The third-order valence-electron chi connectivity index (χ3n) is 3.50. The van der Waals surface area contributed by atoms with Crippen molar-refractivity contribution in [1.29, 1.82) is 0 Å². The predicted molar refractivity (Wildman–Crippen MR) is 88.7 cm³/mol. The molecule has 0 bridgehead atoms. The highest BCUT2D eigenvalue weighted by molar-refractivity contribution is 5.31. The maximum Gasteiger partial charge on any atom is 0.119 e. The van der Waals surface area contributed by atoms with Gasteiger partial charge < -0.3 is 10.5 Å². The maximum atomic E-state index is 5.75. The Kier molecular flexibility index (Phi) is 6.29. The van der Waals surface area contributed by atoms with Gasteiger partial charge in [0.15, 0.2) is 0 Å². The van der Waals surface area contributed by atoms with E-state index in [2.05, 4.69) is 48.5 Å². The molecule has 21 heavy (non-hydrogen) atoms. The van der Waals surface area contributed by atoms with Crippen LogP contribution >= 0.6 is 0 Å². The predicted octanol–water partition coefficient (Wildman–Crippen LogP) is 4.17. The number of benzene rings is 2.